The van der Waals surface area contributed by atoms with Crippen LogP contribution in [0.2, 0.25) is 0 Å². The molecule has 0 amide bonds. The summed E-state index contributed by atoms with van der Waals surface area (Å²) in [4.78, 5) is 3.42. The van der Waals surface area contributed by atoms with Gasteiger partial charge in [0.15, 0.2) is 0 Å². The maximum Gasteiger partial charge on any atom is 0.119 e. The van der Waals surface area contributed by atoms with Crippen molar-refractivity contribution in [2.75, 3.05) is 0 Å². The molecule has 1 aromatic carbocycles. The van der Waals surface area contributed by atoms with Crippen molar-refractivity contribution in [1.82, 2.24) is 4.98 Å². The number of nitrogens with one attached hydrogen (secondary N) is 1. The molecule has 2 heteroatoms. The van der Waals surface area contributed by atoms with Crippen LogP contribution in [0, 0.1) is 0 Å². The van der Waals surface area contributed by atoms with E-state index >= 15 is 0 Å². The van der Waals surface area contributed by atoms with Gasteiger partial charge in [0.25, 0.3) is 0 Å². The summed E-state index contributed by atoms with van der Waals surface area (Å²) in [5.74, 6) is 1.15. The van der Waals surface area contributed by atoms with Crippen LogP contribution in [-0.2, 0) is 6.42 Å². The van der Waals surface area contributed by atoms with Gasteiger partial charge in [-0.15, -0.1) is 0 Å². The fourth-order valence-corrected chi connectivity index (χ4v) is 3.66. The van der Waals surface area contributed by atoms with Crippen LogP contribution in [-0.4, -0.2) is 10.1 Å². The summed E-state index contributed by atoms with van der Waals surface area (Å²) in [6.07, 6.45) is 12.2. The van der Waals surface area contributed by atoms with E-state index in [1.807, 2.05) is 12.1 Å². The zero-order valence-electron chi connectivity index (χ0n) is 12.4. The molecule has 0 spiro atoms. The van der Waals surface area contributed by atoms with E-state index in [1.165, 1.54) is 55.0 Å². The molecular formula is C18H25NO. The van der Waals surface area contributed by atoms with Crippen LogP contribution in [0.1, 0.15) is 68.9 Å². The largest absolute Gasteiger partial charge is 0.508 e. The zero-order chi connectivity index (χ0) is 13.9. The summed E-state index contributed by atoms with van der Waals surface area (Å²) in [6, 6.07) is 3.86. The topological polar surface area (TPSA) is 36.0 Å². The van der Waals surface area contributed by atoms with E-state index in [4.69, 9.17) is 0 Å². The number of fused-ring (bicyclic) bond motifs is 1. The normalized spacial score (nSPS) is 16.9. The first-order chi connectivity index (χ1) is 9.81. The van der Waals surface area contributed by atoms with Gasteiger partial charge >= 0.3 is 0 Å². The van der Waals surface area contributed by atoms with Crippen molar-refractivity contribution in [2.24, 2.45) is 0 Å². The van der Waals surface area contributed by atoms with Crippen LogP contribution in [0.15, 0.2) is 18.3 Å². The monoisotopic (exact) mass is 271 g/mol. The molecule has 0 saturated heterocycles. The smallest absolute Gasteiger partial charge is 0.119 e. The maximum absolute atomic E-state index is 10.3. The third-order valence-electron chi connectivity index (χ3n) is 4.79. The predicted octanol–water partition coefficient (Wildman–Crippen LogP) is 5.26. The molecule has 2 aromatic rings. The number of unbranched alkanes of at least 4 members (excludes halogenated alkanes) is 1. The Kier molecular flexibility index (Phi) is 4.00. The SMILES string of the molecule is CCCCc1c(O)ccc2[nH]cc(C3CCCCC3)c12. The molecular weight excluding hydrogens is 246 g/mol. The Morgan fingerprint density at radius 3 is 2.75 bits per heavy atom. The molecule has 1 fully saturated rings. The van der Waals surface area contributed by atoms with E-state index in [-0.39, 0.29) is 0 Å². The third kappa shape index (κ3) is 2.44. The fraction of sp³-hybridized carbons (Fsp3) is 0.556. The predicted molar refractivity (Wildman–Crippen MR) is 84.4 cm³/mol. The van der Waals surface area contributed by atoms with Gasteiger partial charge in [-0.2, -0.15) is 0 Å². The van der Waals surface area contributed by atoms with E-state index in [1.54, 1.807) is 0 Å². The maximum atomic E-state index is 10.3. The fourth-order valence-electron chi connectivity index (χ4n) is 3.66. The number of aromatic nitrogens is 1. The second-order valence-corrected chi connectivity index (χ2v) is 6.17. The van der Waals surface area contributed by atoms with Crippen molar-refractivity contribution in [3.05, 3.63) is 29.5 Å². The molecule has 1 aliphatic rings. The van der Waals surface area contributed by atoms with Gasteiger partial charge in [-0.1, -0.05) is 32.6 Å². The Balaban J connectivity index is 2.05. The number of rotatable bonds is 4. The first-order valence-electron chi connectivity index (χ1n) is 8.13. The number of hydrogen-bond donors (Lipinski definition) is 2. The summed E-state index contributed by atoms with van der Waals surface area (Å²) < 4.78 is 0. The number of hydrogen-bond acceptors (Lipinski definition) is 1. The van der Waals surface area contributed by atoms with Crippen molar-refractivity contribution in [3.63, 3.8) is 0 Å². The summed E-state index contributed by atoms with van der Waals surface area (Å²) in [7, 11) is 0. The third-order valence-corrected chi connectivity index (χ3v) is 4.79. The molecule has 1 aliphatic carbocycles. The first-order valence-corrected chi connectivity index (χ1v) is 8.13. The van der Waals surface area contributed by atoms with Gasteiger partial charge in [0, 0.05) is 22.7 Å². The van der Waals surface area contributed by atoms with Crippen molar-refractivity contribution >= 4 is 10.9 Å². The number of aromatic amines is 1. The van der Waals surface area contributed by atoms with E-state index in [2.05, 4.69) is 18.1 Å². The van der Waals surface area contributed by atoms with Crippen molar-refractivity contribution in [1.29, 1.82) is 0 Å². The van der Waals surface area contributed by atoms with Crippen LogP contribution in [0.3, 0.4) is 0 Å². The highest BCUT2D eigenvalue weighted by Crippen LogP contribution is 2.39. The lowest BCUT2D eigenvalue weighted by molar-refractivity contribution is 0.445. The number of phenols is 1. The highest BCUT2D eigenvalue weighted by molar-refractivity contribution is 5.89. The Morgan fingerprint density at radius 1 is 1.20 bits per heavy atom. The first kappa shape index (κ1) is 13.5. The van der Waals surface area contributed by atoms with Gasteiger partial charge in [-0.25, -0.2) is 0 Å². The minimum absolute atomic E-state index is 0.475. The Bertz CT molecular complexity index is 578. The summed E-state index contributed by atoms with van der Waals surface area (Å²) in [5, 5.41) is 11.6. The standard InChI is InChI=1S/C18H25NO/c1-2-3-9-14-17(20)11-10-16-18(14)15(12-19-16)13-7-5-4-6-8-13/h10-13,19-20H,2-9H2,1H3. The van der Waals surface area contributed by atoms with Gasteiger partial charge in [0.1, 0.15) is 5.75 Å². The van der Waals surface area contributed by atoms with E-state index in [9.17, 15) is 5.11 Å². The number of phenolic OH excluding ortho intramolecular Hbond substituents is 1. The summed E-state index contributed by atoms with van der Waals surface area (Å²) in [5.41, 5.74) is 3.79. The molecule has 0 radical (unpaired) electrons. The Labute approximate surface area is 121 Å². The van der Waals surface area contributed by atoms with Gasteiger partial charge in [-0.05, 0) is 49.3 Å². The second kappa shape index (κ2) is 5.90. The average Bonchev–Trinajstić information content (AvgIpc) is 2.91. The zero-order valence-corrected chi connectivity index (χ0v) is 12.4. The Hall–Kier alpha value is -1.44. The molecule has 1 saturated carbocycles. The average molecular weight is 271 g/mol. The molecule has 1 heterocycles. The van der Waals surface area contributed by atoms with Crippen LogP contribution in [0.5, 0.6) is 5.75 Å². The molecule has 3 rings (SSSR count). The number of aromatic hydroxyl groups is 1. The highest BCUT2D eigenvalue weighted by atomic mass is 16.3. The van der Waals surface area contributed by atoms with Crippen molar-refractivity contribution in [2.45, 2.75) is 64.2 Å². The lowest BCUT2D eigenvalue weighted by Crippen LogP contribution is -2.04. The quantitative estimate of drug-likeness (QED) is 0.781. The van der Waals surface area contributed by atoms with Crippen molar-refractivity contribution < 1.29 is 5.11 Å². The minimum atomic E-state index is 0.475. The Morgan fingerprint density at radius 2 is 2.00 bits per heavy atom. The highest BCUT2D eigenvalue weighted by Gasteiger charge is 2.21. The van der Waals surface area contributed by atoms with Crippen LogP contribution in [0.4, 0.5) is 0 Å². The minimum Gasteiger partial charge on any atom is -0.508 e. The van der Waals surface area contributed by atoms with Crippen LogP contribution >= 0.6 is 0 Å². The number of benzene rings is 1. The number of aryl methyl sites for hydroxylation is 1. The lowest BCUT2D eigenvalue weighted by Gasteiger charge is -2.22. The molecule has 2 N–H and O–H groups in total. The van der Waals surface area contributed by atoms with Gasteiger partial charge in [0.05, 0.1) is 0 Å². The van der Waals surface area contributed by atoms with Crippen molar-refractivity contribution in [3.8, 4) is 5.75 Å². The summed E-state index contributed by atoms with van der Waals surface area (Å²) in [6.45, 7) is 2.20. The van der Waals surface area contributed by atoms with Gasteiger partial charge < -0.3 is 10.1 Å². The lowest BCUT2D eigenvalue weighted by atomic mass is 9.83. The van der Waals surface area contributed by atoms with Crippen LogP contribution in [0.25, 0.3) is 10.9 Å². The molecule has 2 nitrogen and oxygen atoms in total. The van der Waals surface area contributed by atoms with E-state index in [0.29, 0.717) is 11.7 Å². The van der Waals surface area contributed by atoms with Gasteiger partial charge in [-0.3, -0.25) is 0 Å². The molecule has 0 bridgehead atoms. The molecule has 20 heavy (non-hydrogen) atoms. The van der Waals surface area contributed by atoms with E-state index < -0.39 is 0 Å². The van der Waals surface area contributed by atoms with Gasteiger partial charge in [0.2, 0.25) is 0 Å². The molecule has 108 valence electrons. The molecule has 0 atom stereocenters. The second-order valence-electron chi connectivity index (χ2n) is 6.17. The molecule has 0 unspecified atom stereocenters. The van der Waals surface area contributed by atoms with E-state index in [0.717, 1.165) is 18.4 Å². The molecule has 1 aromatic heterocycles. The summed E-state index contributed by atoms with van der Waals surface area (Å²) >= 11 is 0. The van der Waals surface area contributed by atoms with Crippen LogP contribution < -0.4 is 0 Å². The molecule has 0 aliphatic heterocycles. The number of H-pyrrole nitrogens is 1.